The quantitative estimate of drug-likeness (QED) is 0.815. The first-order valence-electron chi connectivity index (χ1n) is 5.79. The Kier molecular flexibility index (Phi) is 4.70. The Hall–Kier alpha value is -2.21. The van der Waals surface area contributed by atoms with Crippen LogP contribution in [0.4, 0.5) is 8.78 Å². The van der Waals surface area contributed by atoms with Crippen molar-refractivity contribution in [1.82, 2.24) is 0 Å². The molecule has 2 rings (SSSR count). The van der Waals surface area contributed by atoms with Crippen molar-refractivity contribution in [3.05, 3.63) is 64.1 Å². The molecule has 0 aliphatic carbocycles. The maximum atomic E-state index is 13.6. The van der Waals surface area contributed by atoms with E-state index in [2.05, 4.69) is 15.9 Å². The Morgan fingerprint density at radius 1 is 1.14 bits per heavy atom. The number of rotatable bonds is 4. The summed E-state index contributed by atoms with van der Waals surface area (Å²) in [5.74, 6) is -2.58. The van der Waals surface area contributed by atoms with Gasteiger partial charge in [-0.15, -0.1) is 0 Å². The minimum Gasteiger partial charge on any atom is -0.478 e. The highest BCUT2D eigenvalue weighted by Crippen LogP contribution is 2.31. The van der Waals surface area contributed by atoms with Gasteiger partial charge in [-0.3, -0.25) is 0 Å². The maximum absolute atomic E-state index is 13.6. The van der Waals surface area contributed by atoms with Gasteiger partial charge in [-0.05, 0) is 30.3 Å². The number of carboxylic acid groups (broad SMARTS) is 1. The van der Waals surface area contributed by atoms with Crippen molar-refractivity contribution < 1.29 is 23.4 Å². The summed E-state index contributed by atoms with van der Waals surface area (Å²) in [4.78, 5) is 10.6. The molecule has 0 bridgehead atoms. The monoisotopic (exact) mass is 354 g/mol. The van der Waals surface area contributed by atoms with Crippen LogP contribution >= 0.6 is 15.9 Å². The number of carbonyl (C=O) groups is 1. The van der Waals surface area contributed by atoms with Crippen LogP contribution in [0.15, 0.2) is 46.9 Å². The molecule has 6 heteroatoms. The Balaban J connectivity index is 2.38. The Morgan fingerprint density at radius 3 is 2.57 bits per heavy atom. The zero-order valence-electron chi connectivity index (χ0n) is 10.5. The molecule has 2 aromatic rings. The lowest BCUT2D eigenvalue weighted by Crippen LogP contribution is -1.92. The highest BCUT2D eigenvalue weighted by Gasteiger charge is 2.09. The lowest BCUT2D eigenvalue weighted by Gasteiger charge is -2.10. The van der Waals surface area contributed by atoms with Gasteiger partial charge in [-0.25, -0.2) is 13.6 Å². The van der Waals surface area contributed by atoms with Gasteiger partial charge in [-0.2, -0.15) is 0 Å². The third-order valence-electron chi connectivity index (χ3n) is 2.49. The van der Waals surface area contributed by atoms with E-state index in [4.69, 9.17) is 9.84 Å². The van der Waals surface area contributed by atoms with Crippen molar-refractivity contribution in [2.75, 3.05) is 0 Å². The van der Waals surface area contributed by atoms with Gasteiger partial charge in [0.05, 0.1) is 0 Å². The molecule has 0 heterocycles. The molecule has 0 fully saturated rings. The third-order valence-corrected chi connectivity index (χ3v) is 2.99. The van der Waals surface area contributed by atoms with Crippen LogP contribution in [0.5, 0.6) is 11.5 Å². The minimum atomic E-state index is -1.11. The van der Waals surface area contributed by atoms with E-state index < -0.39 is 17.6 Å². The summed E-state index contributed by atoms with van der Waals surface area (Å²) in [5.41, 5.74) is 0.448. The van der Waals surface area contributed by atoms with Crippen molar-refractivity contribution in [1.29, 1.82) is 0 Å². The second-order valence-electron chi connectivity index (χ2n) is 4.03. The van der Waals surface area contributed by atoms with Crippen molar-refractivity contribution >= 4 is 28.0 Å². The molecule has 0 radical (unpaired) electrons. The fourth-order valence-electron chi connectivity index (χ4n) is 1.57. The van der Waals surface area contributed by atoms with E-state index in [1.807, 2.05) is 0 Å². The third kappa shape index (κ3) is 4.13. The van der Waals surface area contributed by atoms with E-state index in [-0.39, 0.29) is 11.5 Å². The second kappa shape index (κ2) is 6.49. The van der Waals surface area contributed by atoms with Gasteiger partial charge < -0.3 is 9.84 Å². The molecule has 3 nitrogen and oxygen atoms in total. The van der Waals surface area contributed by atoms with Gasteiger partial charge in [0, 0.05) is 22.2 Å². The molecule has 0 aromatic heterocycles. The molecular weight excluding hydrogens is 346 g/mol. The summed E-state index contributed by atoms with van der Waals surface area (Å²) in [6.45, 7) is 0. The Labute approximate surface area is 127 Å². The second-order valence-corrected chi connectivity index (χ2v) is 4.95. The number of aliphatic carboxylic acids is 1. The number of benzene rings is 2. The largest absolute Gasteiger partial charge is 0.478 e. The molecule has 0 unspecified atom stereocenters. The zero-order valence-corrected chi connectivity index (χ0v) is 12.1. The molecule has 0 aliphatic rings. The smallest absolute Gasteiger partial charge is 0.328 e. The Bertz CT molecular complexity index is 714. The molecule has 0 saturated carbocycles. The molecule has 0 aliphatic heterocycles. The molecule has 2 aromatic carbocycles. The SMILES string of the molecule is O=C(O)/C=C/c1ccc(Br)cc1Oc1ccc(F)cc1F. The minimum absolute atomic E-state index is 0.153. The summed E-state index contributed by atoms with van der Waals surface area (Å²) in [6.07, 6.45) is 2.27. The molecule has 108 valence electrons. The van der Waals surface area contributed by atoms with Crippen LogP contribution in [0.3, 0.4) is 0 Å². The van der Waals surface area contributed by atoms with Gasteiger partial charge in [0.2, 0.25) is 0 Å². The first kappa shape index (κ1) is 15.2. The van der Waals surface area contributed by atoms with Gasteiger partial charge in [-0.1, -0.05) is 22.0 Å². The van der Waals surface area contributed by atoms with E-state index in [1.165, 1.54) is 6.08 Å². The first-order valence-corrected chi connectivity index (χ1v) is 6.58. The summed E-state index contributed by atoms with van der Waals surface area (Å²) < 4.78 is 32.5. The summed E-state index contributed by atoms with van der Waals surface area (Å²) in [6, 6.07) is 7.81. The van der Waals surface area contributed by atoms with Crippen LogP contribution in [0.1, 0.15) is 5.56 Å². The van der Waals surface area contributed by atoms with E-state index in [1.54, 1.807) is 18.2 Å². The normalized spacial score (nSPS) is 10.8. The predicted octanol–water partition coefficient (Wildman–Crippen LogP) is 4.62. The molecule has 0 spiro atoms. The van der Waals surface area contributed by atoms with Crippen LogP contribution in [0.2, 0.25) is 0 Å². The number of hydrogen-bond donors (Lipinski definition) is 1. The molecular formula is C15H9BrF2O3. The fraction of sp³-hybridized carbons (Fsp3) is 0. The number of carboxylic acids is 1. The van der Waals surface area contributed by atoms with Crippen LogP contribution in [-0.4, -0.2) is 11.1 Å². The molecule has 0 atom stereocenters. The van der Waals surface area contributed by atoms with Crippen LogP contribution in [-0.2, 0) is 4.79 Å². The van der Waals surface area contributed by atoms with Gasteiger partial charge in [0.15, 0.2) is 11.6 Å². The van der Waals surface area contributed by atoms with Crippen LogP contribution in [0, 0.1) is 11.6 Å². The lowest BCUT2D eigenvalue weighted by atomic mass is 10.2. The first-order chi connectivity index (χ1) is 9.95. The summed E-state index contributed by atoms with van der Waals surface area (Å²) in [5, 5.41) is 8.65. The number of halogens is 3. The summed E-state index contributed by atoms with van der Waals surface area (Å²) in [7, 11) is 0. The van der Waals surface area contributed by atoms with E-state index in [0.29, 0.717) is 16.1 Å². The van der Waals surface area contributed by atoms with Gasteiger partial charge in [0.1, 0.15) is 11.6 Å². The predicted molar refractivity (Wildman–Crippen MR) is 77.2 cm³/mol. The molecule has 0 saturated heterocycles. The van der Waals surface area contributed by atoms with Crippen molar-refractivity contribution in [3.8, 4) is 11.5 Å². The van der Waals surface area contributed by atoms with Crippen molar-refractivity contribution in [2.45, 2.75) is 0 Å². The number of hydrogen-bond acceptors (Lipinski definition) is 2. The molecule has 1 N–H and O–H groups in total. The number of ether oxygens (including phenoxy) is 1. The van der Waals surface area contributed by atoms with E-state index in [9.17, 15) is 13.6 Å². The molecule has 21 heavy (non-hydrogen) atoms. The van der Waals surface area contributed by atoms with Crippen molar-refractivity contribution in [2.24, 2.45) is 0 Å². The van der Waals surface area contributed by atoms with Crippen molar-refractivity contribution in [3.63, 3.8) is 0 Å². The highest BCUT2D eigenvalue weighted by molar-refractivity contribution is 9.10. The Morgan fingerprint density at radius 2 is 1.90 bits per heavy atom. The zero-order chi connectivity index (χ0) is 15.4. The maximum Gasteiger partial charge on any atom is 0.328 e. The van der Waals surface area contributed by atoms with Crippen LogP contribution < -0.4 is 4.74 Å². The van der Waals surface area contributed by atoms with Crippen LogP contribution in [0.25, 0.3) is 6.08 Å². The average Bonchev–Trinajstić information content (AvgIpc) is 2.41. The summed E-state index contributed by atoms with van der Waals surface area (Å²) >= 11 is 3.25. The van der Waals surface area contributed by atoms with E-state index >= 15 is 0 Å². The molecule has 0 amide bonds. The van der Waals surface area contributed by atoms with E-state index in [0.717, 1.165) is 18.2 Å². The lowest BCUT2D eigenvalue weighted by molar-refractivity contribution is -0.131. The topological polar surface area (TPSA) is 46.5 Å². The van der Waals surface area contributed by atoms with Gasteiger partial charge in [0.25, 0.3) is 0 Å². The van der Waals surface area contributed by atoms with Gasteiger partial charge >= 0.3 is 5.97 Å². The fourth-order valence-corrected chi connectivity index (χ4v) is 1.91. The average molecular weight is 355 g/mol. The highest BCUT2D eigenvalue weighted by atomic mass is 79.9. The standard InChI is InChI=1S/C15H9BrF2O3/c16-10-3-1-9(2-6-15(19)20)14(7-10)21-13-5-4-11(17)8-12(13)18/h1-8H,(H,19,20)/b6-2+.